The molecule has 65 valence electrons. The van der Waals surface area contributed by atoms with Crippen molar-refractivity contribution < 1.29 is 9.47 Å². The first-order chi connectivity index (χ1) is 5.81. The van der Waals surface area contributed by atoms with E-state index >= 15 is 0 Å². The van der Waals surface area contributed by atoms with E-state index in [2.05, 4.69) is 6.07 Å². The van der Waals surface area contributed by atoms with Crippen molar-refractivity contribution in [3.05, 3.63) is 23.8 Å². The number of hydrogen-bond donors (Lipinski definition) is 1. The molecule has 12 heavy (non-hydrogen) atoms. The average Bonchev–Trinajstić information content (AvgIpc) is 2.16. The molecule has 0 aliphatic carbocycles. The van der Waals surface area contributed by atoms with Crippen LogP contribution in [0.15, 0.2) is 12.1 Å². The minimum Gasteiger partial charge on any atom is -0.496 e. The third-order valence-corrected chi connectivity index (χ3v) is 1.63. The first-order valence-corrected chi connectivity index (χ1v) is 3.64. The second kappa shape index (κ2) is 3.97. The highest BCUT2D eigenvalue weighted by Crippen LogP contribution is 2.22. The van der Waals surface area contributed by atoms with E-state index in [1.807, 2.05) is 6.07 Å². The smallest absolute Gasteiger partial charge is 0.127 e. The lowest BCUT2D eigenvalue weighted by atomic mass is 10.2. The summed E-state index contributed by atoms with van der Waals surface area (Å²) in [5.41, 5.74) is 6.42. The Labute approximate surface area is 72.1 Å². The minimum atomic E-state index is 0.439. The topological polar surface area (TPSA) is 44.5 Å². The Morgan fingerprint density at radius 2 is 2.17 bits per heavy atom. The molecule has 0 atom stereocenters. The lowest BCUT2D eigenvalue weighted by molar-refractivity contribution is 0.398. The normalized spacial score (nSPS) is 9.58. The van der Waals surface area contributed by atoms with Gasteiger partial charge in [-0.3, -0.25) is 0 Å². The molecular formula is C9H12NO2. The maximum absolute atomic E-state index is 5.50. The highest BCUT2D eigenvalue weighted by Gasteiger charge is 2.02. The van der Waals surface area contributed by atoms with E-state index < -0.39 is 0 Å². The van der Waals surface area contributed by atoms with Gasteiger partial charge in [0.15, 0.2) is 0 Å². The molecule has 3 heteroatoms. The van der Waals surface area contributed by atoms with Crippen molar-refractivity contribution in [2.24, 2.45) is 5.73 Å². The summed E-state index contributed by atoms with van der Waals surface area (Å²) in [6.07, 6.45) is 0. The molecule has 0 aromatic heterocycles. The zero-order valence-electron chi connectivity index (χ0n) is 7.26. The van der Waals surface area contributed by atoms with Crippen LogP contribution in [0.1, 0.15) is 5.56 Å². The third-order valence-electron chi connectivity index (χ3n) is 1.63. The van der Waals surface area contributed by atoms with E-state index in [1.54, 1.807) is 20.3 Å². The Hall–Kier alpha value is -1.22. The highest BCUT2D eigenvalue weighted by molar-refractivity contribution is 5.39. The van der Waals surface area contributed by atoms with Gasteiger partial charge < -0.3 is 15.2 Å². The monoisotopic (exact) mass is 166 g/mol. The van der Waals surface area contributed by atoms with Crippen LogP contribution in [0.2, 0.25) is 0 Å². The van der Waals surface area contributed by atoms with Crippen molar-refractivity contribution in [3.63, 3.8) is 0 Å². The molecule has 0 spiro atoms. The molecular weight excluding hydrogens is 154 g/mol. The summed E-state index contributed by atoms with van der Waals surface area (Å²) < 4.78 is 10.1. The molecule has 0 fully saturated rings. The fourth-order valence-electron chi connectivity index (χ4n) is 0.968. The summed E-state index contributed by atoms with van der Waals surface area (Å²) in [6.45, 7) is 0.439. The van der Waals surface area contributed by atoms with Crippen LogP contribution in [0, 0.1) is 6.07 Å². The van der Waals surface area contributed by atoms with Gasteiger partial charge in [-0.1, -0.05) is 0 Å². The summed E-state index contributed by atoms with van der Waals surface area (Å²) in [6, 6.07) is 6.45. The van der Waals surface area contributed by atoms with Gasteiger partial charge in [0.25, 0.3) is 0 Å². The second-order valence-corrected chi connectivity index (χ2v) is 2.30. The van der Waals surface area contributed by atoms with Crippen LogP contribution in [0.25, 0.3) is 0 Å². The van der Waals surface area contributed by atoms with Gasteiger partial charge in [-0.15, -0.1) is 0 Å². The fourth-order valence-corrected chi connectivity index (χ4v) is 0.968. The van der Waals surface area contributed by atoms with E-state index in [0.29, 0.717) is 12.3 Å². The van der Waals surface area contributed by atoms with Gasteiger partial charge in [-0.05, 0) is 12.1 Å². The average molecular weight is 166 g/mol. The van der Waals surface area contributed by atoms with Crippen LogP contribution in [-0.2, 0) is 6.54 Å². The van der Waals surface area contributed by atoms with Crippen LogP contribution in [0.3, 0.4) is 0 Å². The lowest BCUT2D eigenvalue weighted by Gasteiger charge is -2.07. The number of ether oxygens (including phenoxy) is 2. The molecule has 3 nitrogen and oxygen atoms in total. The Balaban J connectivity index is 3.02. The molecule has 1 rings (SSSR count). The van der Waals surface area contributed by atoms with Gasteiger partial charge in [-0.2, -0.15) is 0 Å². The molecule has 0 amide bonds. The van der Waals surface area contributed by atoms with Crippen molar-refractivity contribution in [3.8, 4) is 11.5 Å². The Morgan fingerprint density at radius 3 is 2.67 bits per heavy atom. The maximum Gasteiger partial charge on any atom is 0.127 e. The van der Waals surface area contributed by atoms with Gasteiger partial charge >= 0.3 is 0 Å². The van der Waals surface area contributed by atoms with Crippen molar-refractivity contribution in [2.45, 2.75) is 6.54 Å². The molecule has 1 aromatic carbocycles. The summed E-state index contributed by atoms with van der Waals surface area (Å²) in [5.74, 6) is 1.43. The lowest BCUT2D eigenvalue weighted by Crippen LogP contribution is -2.00. The van der Waals surface area contributed by atoms with Gasteiger partial charge in [0.1, 0.15) is 11.5 Å². The molecule has 0 aliphatic heterocycles. The van der Waals surface area contributed by atoms with Crippen molar-refractivity contribution >= 4 is 0 Å². The SMILES string of the molecule is COc1[c]cc(OC)c(CN)c1. The minimum absolute atomic E-state index is 0.439. The molecule has 0 aliphatic rings. The van der Waals surface area contributed by atoms with E-state index in [9.17, 15) is 0 Å². The molecule has 1 radical (unpaired) electrons. The zero-order chi connectivity index (χ0) is 8.97. The summed E-state index contributed by atoms with van der Waals surface area (Å²) in [4.78, 5) is 0. The summed E-state index contributed by atoms with van der Waals surface area (Å²) in [5, 5.41) is 0. The molecule has 0 heterocycles. The number of methoxy groups -OCH3 is 2. The summed E-state index contributed by atoms with van der Waals surface area (Å²) in [7, 11) is 3.20. The Bertz CT molecular complexity index is 261. The predicted octanol–water partition coefficient (Wildman–Crippen LogP) is 0.963. The van der Waals surface area contributed by atoms with Crippen molar-refractivity contribution in [2.75, 3.05) is 14.2 Å². The number of hydrogen-bond acceptors (Lipinski definition) is 3. The predicted molar refractivity (Wildman–Crippen MR) is 46.3 cm³/mol. The standard InChI is InChI=1S/C9H12NO2/c1-11-8-3-4-9(12-2)7(5-8)6-10/h4-5H,6,10H2,1-2H3. The molecule has 1 aromatic rings. The molecule has 0 saturated heterocycles. The van der Waals surface area contributed by atoms with Crippen molar-refractivity contribution in [1.29, 1.82) is 0 Å². The van der Waals surface area contributed by atoms with E-state index in [4.69, 9.17) is 15.2 Å². The van der Waals surface area contributed by atoms with E-state index in [0.717, 1.165) is 11.3 Å². The molecule has 0 saturated carbocycles. The first kappa shape index (κ1) is 8.87. The van der Waals surface area contributed by atoms with Crippen LogP contribution < -0.4 is 15.2 Å². The van der Waals surface area contributed by atoms with Crippen molar-refractivity contribution in [1.82, 2.24) is 0 Å². The Morgan fingerprint density at radius 1 is 1.42 bits per heavy atom. The first-order valence-electron chi connectivity index (χ1n) is 3.64. The second-order valence-electron chi connectivity index (χ2n) is 2.30. The molecule has 2 N–H and O–H groups in total. The van der Waals surface area contributed by atoms with Crippen LogP contribution in [-0.4, -0.2) is 14.2 Å². The van der Waals surface area contributed by atoms with E-state index in [1.165, 1.54) is 0 Å². The van der Waals surface area contributed by atoms with Gasteiger partial charge in [0, 0.05) is 18.2 Å². The number of benzene rings is 1. The molecule has 0 bridgehead atoms. The van der Waals surface area contributed by atoms with Gasteiger partial charge in [0.05, 0.1) is 14.2 Å². The van der Waals surface area contributed by atoms with Crippen LogP contribution in [0.5, 0.6) is 11.5 Å². The Kier molecular flexibility index (Phi) is 2.94. The zero-order valence-corrected chi connectivity index (χ0v) is 7.26. The van der Waals surface area contributed by atoms with Crippen LogP contribution >= 0.6 is 0 Å². The van der Waals surface area contributed by atoms with Gasteiger partial charge in [0.2, 0.25) is 0 Å². The van der Waals surface area contributed by atoms with Crippen LogP contribution in [0.4, 0.5) is 0 Å². The quantitative estimate of drug-likeness (QED) is 0.727. The van der Waals surface area contributed by atoms with E-state index in [-0.39, 0.29) is 0 Å². The third kappa shape index (κ3) is 1.68. The number of rotatable bonds is 3. The maximum atomic E-state index is 5.50. The molecule has 0 unspecified atom stereocenters. The highest BCUT2D eigenvalue weighted by atomic mass is 16.5. The fraction of sp³-hybridized carbons (Fsp3) is 0.333. The summed E-state index contributed by atoms with van der Waals surface area (Å²) >= 11 is 0. The largest absolute Gasteiger partial charge is 0.496 e. The van der Waals surface area contributed by atoms with Gasteiger partial charge in [-0.25, -0.2) is 0 Å². The number of nitrogens with two attached hydrogens (primary N) is 1.